The number of carboxylic acid groups (broad SMARTS) is 1. The summed E-state index contributed by atoms with van der Waals surface area (Å²) in [5.41, 5.74) is 0.264. The minimum absolute atomic E-state index is 0. The zero-order chi connectivity index (χ0) is 27.1. The van der Waals surface area contributed by atoms with Gasteiger partial charge in [0.15, 0.2) is 0 Å². The molecule has 0 saturated carbocycles. The van der Waals surface area contributed by atoms with E-state index in [1.807, 2.05) is 0 Å². The quantitative estimate of drug-likeness (QED) is 0.130. The number of hydrogen-bond donors (Lipinski definition) is 6. The Morgan fingerprint density at radius 1 is 0.795 bits per heavy atom. The fourth-order valence-electron chi connectivity index (χ4n) is 3.24. The van der Waals surface area contributed by atoms with Gasteiger partial charge in [-0.15, -0.1) is 0 Å². The first kappa shape index (κ1) is 33.1. The fraction of sp³-hybridized carbons (Fsp3) is 0. The van der Waals surface area contributed by atoms with E-state index >= 15 is 0 Å². The summed E-state index contributed by atoms with van der Waals surface area (Å²) in [7, 11) is -9.57. The molecule has 0 aliphatic rings. The van der Waals surface area contributed by atoms with Crippen LogP contribution in [-0.4, -0.2) is 116 Å². The molecule has 3 aromatic carbocycles. The van der Waals surface area contributed by atoms with Crippen LogP contribution in [0.15, 0.2) is 58.3 Å². The number of rotatable bonds is 7. The molecule has 2 radical (unpaired) electrons. The number of carbonyl (C=O) groups is 1. The van der Waals surface area contributed by atoms with Crippen molar-refractivity contribution < 1.29 is 40.9 Å². The van der Waals surface area contributed by atoms with E-state index in [0.717, 1.165) is 24.3 Å². The Morgan fingerprint density at radius 3 is 1.82 bits per heavy atom. The second-order valence-corrected chi connectivity index (χ2v) is 10.5. The number of carboxylic acids is 1. The Hall–Kier alpha value is -2.09. The van der Waals surface area contributed by atoms with Crippen LogP contribution in [0.25, 0.3) is 10.8 Å². The van der Waals surface area contributed by atoms with Gasteiger partial charge in [-0.05, 0) is 59.5 Å². The number of nitrogens with zero attached hydrogens (tertiary/aromatic N) is 3. The average Bonchev–Trinajstić information content (AvgIpc) is 2.77. The van der Waals surface area contributed by atoms with Crippen molar-refractivity contribution in [1.82, 2.24) is 15.0 Å². The molecule has 194 valence electrons. The molecule has 1 aromatic heterocycles. The Balaban J connectivity index is 0.00000267. The summed E-state index contributed by atoms with van der Waals surface area (Å²) >= 11 is 5.97. The molecule has 4 rings (SSSR count). The van der Waals surface area contributed by atoms with Crippen molar-refractivity contribution in [3.63, 3.8) is 0 Å². The zero-order valence-electron chi connectivity index (χ0n) is 20.0. The summed E-state index contributed by atoms with van der Waals surface area (Å²) in [6.45, 7) is 0. The summed E-state index contributed by atoms with van der Waals surface area (Å²) in [4.78, 5) is 21.5. The molecule has 6 N–H and O–H groups in total. The van der Waals surface area contributed by atoms with Crippen LogP contribution < -0.4 is 10.6 Å². The monoisotopic (exact) mass is 613 g/mol. The van der Waals surface area contributed by atoms with Crippen molar-refractivity contribution in [1.29, 1.82) is 0 Å². The molecule has 39 heavy (non-hydrogen) atoms. The molecule has 0 spiro atoms. The van der Waals surface area contributed by atoms with Gasteiger partial charge in [0, 0.05) is 76.3 Å². The number of phenolic OH excluding ortho intramolecular Hbond substituents is 1. The van der Waals surface area contributed by atoms with Crippen molar-refractivity contribution in [3.8, 4) is 5.75 Å². The predicted molar refractivity (Wildman–Crippen MR) is 142 cm³/mol. The maximum atomic E-state index is 11.8. The van der Waals surface area contributed by atoms with E-state index in [0.29, 0.717) is 5.69 Å². The second-order valence-electron chi connectivity index (χ2n) is 7.35. The molecule has 0 unspecified atom stereocenters. The van der Waals surface area contributed by atoms with Gasteiger partial charge in [0.1, 0.15) is 5.75 Å². The molecule has 1 heterocycles. The third-order valence-electron chi connectivity index (χ3n) is 4.81. The predicted octanol–water partition coefficient (Wildman–Crippen LogP) is 2.30. The number of fused-ring (bicyclic) bond motifs is 1. The van der Waals surface area contributed by atoms with E-state index in [1.165, 1.54) is 24.3 Å². The van der Waals surface area contributed by atoms with Crippen molar-refractivity contribution in [2.24, 2.45) is 0 Å². The molecular weight excluding hydrogens is 600 g/mol. The minimum Gasteiger partial charge on any atom is -0.507 e. The molecule has 0 saturated heterocycles. The first-order valence-electron chi connectivity index (χ1n) is 9.75. The minimum atomic E-state index is -4.80. The molecule has 0 fully saturated rings. The van der Waals surface area contributed by atoms with E-state index in [2.05, 4.69) is 25.6 Å². The molecule has 0 aliphatic heterocycles. The van der Waals surface area contributed by atoms with Gasteiger partial charge in [-0.25, -0.2) is 4.79 Å². The van der Waals surface area contributed by atoms with Gasteiger partial charge in [-0.1, -0.05) is 0 Å². The van der Waals surface area contributed by atoms with Crippen LogP contribution in [0.1, 0.15) is 10.4 Å². The van der Waals surface area contributed by atoms with E-state index in [4.69, 9.17) is 16.7 Å². The van der Waals surface area contributed by atoms with Gasteiger partial charge >= 0.3 is 5.97 Å². The summed E-state index contributed by atoms with van der Waals surface area (Å²) in [5, 5.41) is 24.3. The third-order valence-corrected chi connectivity index (χ3v) is 6.65. The summed E-state index contributed by atoms with van der Waals surface area (Å²) < 4.78 is 65.6. The van der Waals surface area contributed by atoms with Crippen LogP contribution in [0.4, 0.5) is 23.3 Å². The number of benzene rings is 3. The molecule has 0 atom stereocenters. The summed E-state index contributed by atoms with van der Waals surface area (Å²) in [6, 6.07) is 9.01. The van der Waals surface area contributed by atoms with Crippen LogP contribution in [0.2, 0.25) is 5.28 Å². The van der Waals surface area contributed by atoms with Crippen molar-refractivity contribution in [3.05, 3.63) is 59.4 Å². The topological polar surface area (TPSA) is 229 Å². The Morgan fingerprint density at radius 2 is 1.31 bits per heavy atom. The van der Waals surface area contributed by atoms with Crippen molar-refractivity contribution >= 4 is 131 Å². The molecule has 0 amide bonds. The van der Waals surface area contributed by atoms with E-state index < -0.39 is 41.7 Å². The van der Waals surface area contributed by atoms with Crippen LogP contribution >= 0.6 is 11.6 Å². The number of hydrogen-bond acceptors (Lipinski definition) is 11. The van der Waals surface area contributed by atoms with Gasteiger partial charge < -0.3 is 20.8 Å². The number of aromatic hydroxyl groups is 1. The maximum absolute atomic E-state index is 11.8. The van der Waals surface area contributed by atoms with Gasteiger partial charge in [-0.2, -0.15) is 31.8 Å². The van der Waals surface area contributed by atoms with Gasteiger partial charge in [0.25, 0.3) is 20.2 Å². The van der Waals surface area contributed by atoms with Crippen molar-refractivity contribution in [2.75, 3.05) is 10.6 Å². The number of aromatic nitrogens is 3. The normalized spacial score (nSPS) is 11.3. The summed E-state index contributed by atoms with van der Waals surface area (Å²) in [5.74, 6) is -2.13. The number of anilines is 4. The van der Waals surface area contributed by atoms with Crippen molar-refractivity contribution in [2.45, 2.75) is 9.79 Å². The zero-order valence-corrected chi connectivity index (χ0v) is 26.4. The summed E-state index contributed by atoms with van der Waals surface area (Å²) in [6.07, 6.45) is 0. The molecule has 4 aromatic rings. The number of halogens is 1. The Bertz CT molecular complexity index is 1790. The van der Waals surface area contributed by atoms with Crippen LogP contribution in [0.3, 0.4) is 0 Å². The molecule has 14 nitrogen and oxygen atoms in total. The SMILES string of the molecule is O=C(O)c1ccc(Nc2nc(Cl)nc(Nc3cc(S(=O)(=O)O)cc4cc(S(=O)(=O)O)cc(O)c34)n2)cc1.[Na].[Na]. The first-order valence-corrected chi connectivity index (χ1v) is 13.0. The number of nitrogens with one attached hydrogen (secondary N) is 2. The van der Waals surface area contributed by atoms with Crippen LogP contribution in [-0.2, 0) is 20.2 Å². The van der Waals surface area contributed by atoms with Crippen LogP contribution in [0.5, 0.6) is 5.75 Å². The smallest absolute Gasteiger partial charge is 0.335 e. The Kier molecular flexibility index (Phi) is 10.7. The van der Waals surface area contributed by atoms with E-state index in [9.17, 15) is 35.8 Å². The van der Waals surface area contributed by atoms with Gasteiger partial charge in [0.2, 0.25) is 17.2 Å². The van der Waals surface area contributed by atoms with E-state index in [1.54, 1.807) is 0 Å². The van der Waals surface area contributed by atoms with Crippen LogP contribution in [0, 0.1) is 0 Å². The van der Waals surface area contributed by atoms with Gasteiger partial charge in [0.05, 0.1) is 21.0 Å². The molecular formula is C20H14ClN5Na2O9S2. The Labute approximate surface area is 269 Å². The number of aromatic carboxylic acids is 1. The second kappa shape index (κ2) is 12.6. The molecule has 0 bridgehead atoms. The maximum Gasteiger partial charge on any atom is 0.335 e. The number of phenols is 1. The van der Waals surface area contributed by atoms with Gasteiger partial charge in [-0.3, -0.25) is 9.11 Å². The van der Waals surface area contributed by atoms with E-state index in [-0.39, 0.29) is 98.3 Å². The standard InChI is InChI=1S/C20H14ClN5O9S2.2Na/c21-18-24-19(22-11-3-1-9(2-4-11)17(28)29)26-20(25-18)23-14-7-12(36(30,31)32)5-10-6-13(37(33,34)35)8-15(27)16(10)14;;/h1-8,27H,(H,28,29)(H,30,31,32)(H,33,34,35)(H2,22,23,24,25,26);;. The average molecular weight is 614 g/mol. The first-order chi connectivity index (χ1) is 17.2. The fourth-order valence-corrected chi connectivity index (χ4v) is 4.48. The third kappa shape index (κ3) is 7.99. The molecule has 0 aliphatic carbocycles. The molecule has 19 heteroatoms. The largest absolute Gasteiger partial charge is 0.507 e.